The SMILES string of the molecule is COc1cc2occ(-c3ccc(C)cc3C)c2cc1/C(C)=C/C(=O)Nc1ccc(NC(C)=O)cc1. The number of rotatable bonds is 6. The first-order valence-electron chi connectivity index (χ1n) is 11.3. The predicted octanol–water partition coefficient (Wildman–Crippen LogP) is 6.73. The van der Waals surface area contributed by atoms with Gasteiger partial charge in [-0.2, -0.15) is 0 Å². The van der Waals surface area contributed by atoms with Crippen molar-refractivity contribution >= 4 is 39.7 Å². The highest BCUT2D eigenvalue weighted by Gasteiger charge is 2.16. The van der Waals surface area contributed by atoms with E-state index >= 15 is 0 Å². The molecule has 1 heterocycles. The Bertz CT molecular complexity index is 1450. The van der Waals surface area contributed by atoms with Crippen LogP contribution in [0.1, 0.15) is 30.5 Å². The summed E-state index contributed by atoms with van der Waals surface area (Å²) in [6.07, 6.45) is 3.31. The van der Waals surface area contributed by atoms with Crippen molar-refractivity contribution in [2.45, 2.75) is 27.7 Å². The lowest BCUT2D eigenvalue weighted by molar-refractivity contribution is -0.114. The molecular weight excluding hydrogens is 440 g/mol. The van der Waals surface area contributed by atoms with Crippen LogP contribution < -0.4 is 15.4 Å². The van der Waals surface area contributed by atoms with Crippen LogP contribution in [0.2, 0.25) is 0 Å². The molecule has 3 aromatic carbocycles. The molecule has 1 aromatic heterocycles. The van der Waals surface area contributed by atoms with Crippen LogP contribution in [0.25, 0.3) is 27.7 Å². The molecule has 0 spiro atoms. The Morgan fingerprint density at radius 3 is 2.20 bits per heavy atom. The lowest BCUT2D eigenvalue weighted by atomic mass is 9.96. The first-order valence-corrected chi connectivity index (χ1v) is 11.3. The Balaban J connectivity index is 1.64. The van der Waals surface area contributed by atoms with Crippen molar-refractivity contribution in [3.05, 3.63) is 83.6 Å². The lowest BCUT2D eigenvalue weighted by Gasteiger charge is -2.11. The summed E-state index contributed by atoms with van der Waals surface area (Å²) in [5.41, 5.74) is 8.05. The van der Waals surface area contributed by atoms with Gasteiger partial charge in [-0.25, -0.2) is 0 Å². The van der Waals surface area contributed by atoms with Crippen molar-refractivity contribution in [1.29, 1.82) is 0 Å². The summed E-state index contributed by atoms with van der Waals surface area (Å²) < 4.78 is 11.5. The van der Waals surface area contributed by atoms with Gasteiger partial charge in [0, 0.05) is 47.0 Å². The summed E-state index contributed by atoms with van der Waals surface area (Å²) >= 11 is 0. The van der Waals surface area contributed by atoms with E-state index in [0.29, 0.717) is 17.1 Å². The maximum Gasteiger partial charge on any atom is 0.248 e. The molecule has 0 atom stereocenters. The van der Waals surface area contributed by atoms with Gasteiger partial charge in [0.05, 0.1) is 13.4 Å². The number of carbonyl (C=O) groups is 2. The highest BCUT2D eigenvalue weighted by Crippen LogP contribution is 2.38. The third kappa shape index (κ3) is 5.27. The lowest BCUT2D eigenvalue weighted by Crippen LogP contribution is -2.09. The predicted molar refractivity (Wildman–Crippen MR) is 141 cm³/mol. The van der Waals surface area contributed by atoms with Crippen molar-refractivity contribution < 1.29 is 18.7 Å². The molecule has 4 aromatic rings. The van der Waals surface area contributed by atoms with Crippen molar-refractivity contribution in [2.24, 2.45) is 0 Å². The average Bonchev–Trinajstić information content (AvgIpc) is 3.21. The number of hydrogen-bond donors (Lipinski definition) is 2. The molecule has 0 aliphatic heterocycles. The van der Waals surface area contributed by atoms with E-state index in [0.717, 1.165) is 33.2 Å². The minimum absolute atomic E-state index is 0.149. The second-order valence-electron chi connectivity index (χ2n) is 8.59. The fraction of sp³-hybridized carbons (Fsp3) is 0.172. The molecule has 0 saturated heterocycles. The highest BCUT2D eigenvalue weighted by atomic mass is 16.5. The molecule has 4 rings (SSSR count). The summed E-state index contributed by atoms with van der Waals surface area (Å²) in [5, 5.41) is 6.51. The zero-order valence-corrected chi connectivity index (χ0v) is 20.5. The summed E-state index contributed by atoms with van der Waals surface area (Å²) in [7, 11) is 1.60. The maximum atomic E-state index is 12.7. The van der Waals surface area contributed by atoms with Crippen LogP contribution in [0.3, 0.4) is 0 Å². The number of hydrogen-bond acceptors (Lipinski definition) is 4. The molecular formula is C29H28N2O4. The number of methoxy groups -OCH3 is 1. The van der Waals surface area contributed by atoms with Crippen molar-refractivity contribution in [3.8, 4) is 16.9 Å². The number of aryl methyl sites for hydroxylation is 2. The van der Waals surface area contributed by atoms with Gasteiger partial charge < -0.3 is 19.8 Å². The molecule has 0 saturated carbocycles. The van der Waals surface area contributed by atoms with E-state index in [1.165, 1.54) is 18.1 Å². The van der Waals surface area contributed by atoms with Gasteiger partial charge in [0.2, 0.25) is 11.8 Å². The van der Waals surface area contributed by atoms with E-state index in [9.17, 15) is 9.59 Å². The fourth-order valence-corrected chi connectivity index (χ4v) is 4.15. The van der Waals surface area contributed by atoms with E-state index in [2.05, 4.69) is 42.7 Å². The summed E-state index contributed by atoms with van der Waals surface area (Å²) in [6.45, 7) is 7.48. The first kappa shape index (κ1) is 23.8. The molecule has 0 aliphatic carbocycles. The van der Waals surface area contributed by atoms with Crippen molar-refractivity contribution in [2.75, 3.05) is 17.7 Å². The van der Waals surface area contributed by atoms with Gasteiger partial charge in [0.15, 0.2) is 0 Å². The van der Waals surface area contributed by atoms with Crippen LogP contribution in [0, 0.1) is 13.8 Å². The fourth-order valence-electron chi connectivity index (χ4n) is 4.15. The molecule has 6 nitrogen and oxygen atoms in total. The molecule has 178 valence electrons. The average molecular weight is 469 g/mol. The molecule has 2 amide bonds. The number of ether oxygens (including phenoxy) is 1. The number of anilines is 2. The van der Waals surface area contributed by atoms with Crippen molar-refractivity contribution in [3.63, 3.8) is 0 Å². The van der Waals surface area contributed by atoms with Gasteiger partial charge in [0.25, 0.3) is 0 Å². The van der Waals surface area contributed by atoms with Crippen LogP contribution in [-0.2, 0) is 9.59 Å². The van der Waals surface area contributed by atoms with E-state index in [1.54, 1.807) is 43.7 Å². The van der Waals surface area contributed by atoms with E-state index in [1.807, 2.05) is 19.1 Å². The smallest absolute Gasteiger partial charge is 0.248 e. The summed E-state index contributed by atoms with van der Waals surface area (Å²) in [5.74, 6) is 0.212. The van der Waals surface area contributed by atoms with Crippen LogP contribution in [-0.4, -0.2) is 18.9 Å². The minimum Gasteiger partial charge on any atom is -0.496 e. The standard InChI is InChI=1S/C29H28N2O4/c1-17-6-11-23(18(2)12-17)26-16-35-28-15-27(34-5)24(14-25(26)28)19(3)13-29(33)31-22-9-7-21(8-10-22)30-20(4)32/h6-16H,1-5H3,(H,30,32)(H,31,33)/b19-13+. The van der Waals surface area contributed by atoms with Gasteiger partial charge in [0.1, 0.15) is 11.3 Å². The van der Waals surface area contributed by atoms with Crippen LogP contribution in [0.5, 0.6) is 5.75 Å². The normalized spacial score (nSPS) is 11.4. The van der Waals surface area contributed by atoms with Gasteiger partial charge in [-0.1, -0.05) is 23.8 Å². The molecule has 0 bridgehead atoms. The van der Waals surface area contributed by atoms with Gasteiger partial charge in [-0.15, -0.1) is 0 Å². The summed E-state index contributed by atoms with van der Waals surface area (Å²) in [6, 6.07) is 17.1. The Morgan fingerprint density at radius 1 is 0.886 bits per heavy atom. The van der Waals surface area contributed by atoms with Crippen molar-refractivity contribution in [1.82, 2.24) is 0 Å². The zero-order valence-electron chi connectivity index (χ0n) is 20.5. The maximum absolute atomic E-state index is 12.7. The molecule has 35 heavy (non-hydrogen) atoms. The number of fused-ring (bicyclic) bond motifs is 1. The summed E-state index contributed by atoms with van der Waals surface area (Å²) in [4.78, 5) is 23.9. The Labute approximate surface area is 204 Å². The highest BCUT2D eigenvalue weighted by molar-refractivity contribution is 6.05. The number of furan rings is 1. The first-order chi connectivity index (χ1) is 16.7. The van der Waals surface area contributed by atoms with E-state index in [4.69, 9.17) is 9.15 Å². The molecule has 0 radical (unpaired) electrons. The number of benzene rings is 3. The Kier molecular flexibility index (Phi) is 6.73. The van der Waals surface area contributed by atoms with E-state index < -0.39 is 0 Å². The number of amides is 2. The Hall–Kier alpha value is -4.32. The minimum atomic E-state index is -0.265. The topological polar surface area (TPSA) is 80.6 Å². The number of allylic oxidation sites excluding steroid dienone is 1. The molecule has 0 unspecified atom stereocenters. The molecule has 2 N–H and O–H groups in total. The monoisotopic (exact) mass is 468 g/mol. The van der Waals surface area contributed by atoms with Crippen LogP contribution in [0.4, 0.5) is 11.4 Å². The largest absolute Gasteiger partial charge is 0.496 e. The molecule has 0 aliphatic rings. The van der Waals surface area contributed by atoms with Gasteiger partial charge >= 0.3 is 0 Å². The van der Waals surface area contributed by atoms with Crippen LogP contribution in [0.15, 0.2) is 71.4 Å². The zero-order chi connectivity index (χ0) is 25.1. The third-order valence-electron chi connectivity index (χ3n) is 5.81. The molecule has 6 heteroatoms. The van der Waals surface area contributed by atoms with E-state index in [-0.39, 0.29) is 11.8 Å². The van der Waals surface area contributed by atoms with Gasteiger partial charge in [-0.05, 0) is 67.8 Å². The number of nitrogens with one attached hydrogen (secondary N) is 2. The van der Waals surface area contributed by atoms with Crippen LogP contribution >= 0.6 is 0 Å². The Morgan fingerprint density at radius 2 is 1.57 bits per heavy atom. The quantitative estimate of drug-likeness (QED) is 0.308. The van der Waals surface area contributed by atoms with Gasteiger partial charge in [-0.3, -0.25) is 9.59 Å². The second-order valence-corrected chi connectivity index (χ2v) is 8.59. The third-order valence-corrected chi connectivity index (χ3v) is 5.81. The second kappa shape index (κ2) is 9.89. The molecule has 0 fully saturated rings. The number of carbonyl (C=O) groups excluding carboxylic acids is 2.